The van der Waals surface area contributed by atoms with E-state index in [1.54, 1.807) is 6.92 Å². The molecular weight excluding hydrogens is 306 g/mol. The Morgan fingerprint density at radius 1 is 1.50 bits per heavy atom. The van der Waals surface area contributed by atoms with E-state index in [0.29, 0.717) is 6.42 Å². The Morgan fingerprint density at radius 2 is 2.10 bits per heavy atom. The summed E-state index contributed by atoms with van der Waals surface area (Å²) in [5.41, 5.74) is -0.301. The van der Waals surface area contributed by atoms with Gasteiger partial charge in [0.1, 0.15) is 10.5 Å². The second kappa shape index (κ2) is 6.43. The third-order valence-electron chi connectivity index (χ3n) is 2.71. The fraction of sp³-hybridized carbons (Fsp3) is 0.417. The second-order valence-corrected chi connectivity index (χ2v) is 6.34. The largest absolute Gasteiger partial charge is 0.494 e. The molecule has 112 valence electrons. The summed E-state index contributed by atoms with van der Waals surface area (Å²) in [7, 11) is -2.71. The molecule has 2 N–H and O–H groups in total. The van der Waals surface area contributed by atoms with Gasteiger partial charge in [-0.15, -0.1) is 0 Å². The number of carbonyl (C=O) groups is 1. The normalized spacial score (nSPS) is 13.0. The number of carboxylic acid groups (broad SMARTS) is 1. The highest BCUT2D eigenvalue weighted by molar-refractivity contribution is 7.89. The van der Waals surface area contributed by atoms with Crippen LogP contribution in [0.2, 0.25) is 5.02 Å². The Morgan fingerprint density at radius 3 is 2.55 bits per heavy atom. The van der Waals surface area contributed by atoms with Crippen molar-refractivity contribution < 1.29 is 23.1 Å². The second-order valence-electron chi connectivity index (χ2n) is 4.22. The number of hydrogen-bond donors (Lipinski definition) is 2. The lowest BCUT2D eigenvalue weighted by atomic mass is 10.2. The van der Waals surface area contributed by atoms with Gasteiger partial charge >= 0.3 is 5.97 Å². The Kier molecular flexibility index (Phi) is 5.38. The highest BCUT2D eigenvalue weighted by atomic mass is 35.5. The maximum Gasteiger partial charge on any atom is 0.339 e. The van der Waals surface area contributed by atoms with Crippen LogP contribution in [0.3, 0.4) is 0 Å². The van der Waals surface area contributed by atoms with Crippen molar-refractivity contribution in [2.75, 3.05) is 7.11 Å². The van der Waals surface area contributed by atoms with Crippen LogP contribution in [0.1, 0.15) is 30.6 Å². The van der Waals surface area contributed by atoms with Crippen LogP contribution in [-0.4, -0.2) is 32.6 Å². The maximum atomic E-state index is 12.3. The molecule has 0 aliphatic heterocycles. The van der Waals surface area contributed by atoms with E-state index in [9.17, 15) is 13.2 Å². The molecule has 0 aliphatic rings. The van der Waals surface area contributed by atoms with Gasteiger partial charge in [0.15, 0.2) is 5.75 Å². The Bertz CT molecular complexity index is 615. The zero-order valence-electron chi connectivity index (χ0n) is 11.3. The smallest absolute Gasteiger partial charge is 0.339 e. The number of hydrogen-bond acceptors (Lipinski definition) is 4. The molecule has 20 heavy (non-hydrogen) atoms. The maximum absolute atomic E-state index is 12.3. The Labute approximate surface area is 122 Å². The van der Waals surface area contributed by atoms with Crippen molar-refractivity contribution in [2.24, 2.45) is 0 Å². The summed E-state index contributed by atoms with van der Waals surface area (Å²) >= 11 is 5.79. The lowest BCUT2D eigenvalue weighted by Crippen LogP contribution is -2.32. The van der Waals surface area contributed by atoms with Crippen molar-refractivity contribution in [1.29, 1.82) is 0 Å². The van der Waals surface area contributed by atoms with E-state index in [1.165, 1.54) is 7.11 Å². The van der Waals surface area contributed by atoms with Crippen LogP contribution in [0.25, 0.3) is 0 Å². The van der Waals surface area contributed by atoms with Gasteiger partial charge in [0, 0.05) is 11.1 Å². The molecule has 0 aromatic heterocycles. The fourth-order valence-electron chi connectivity index (χ4n) is 1.55. The number of halogens is 1. The molecule has 1 aromatic carbocycles. The summed E-state index contributed by atoms with van der Waals surface area (Å²) < 4.78 is 31.9. The number of aromatic carboxylic acids is 1. The van der Waals surface area contributed by atoms with Crippen molar-refractivity contribution >= 4 is 27.6 Å². The first-order chi connectivity index (χ1) is 9.22. The van der Waals surface area contributed by atoms with E-state index in [2.05, 4.69) is 4.72 Å². The average molecular weight is 322 g/mol. The van der Waals surface area contributed by atoms with Gasteiger partial charge in [-0.3, -0.25) is 0 Å². The lowest BCUT2D eigenvalue weighted by molar-refractivity contribution is 0.0693. The first-order valence-corrected chi connectivity index (χ1v) is 7.72. The monoisotopic (exact) mass is 321 g/mol. The first kappa shape index (κ1) is 16.7. The molecule has 1 atom stereocenters. The summed E-state index contributed by atoms with van der Waals surface area (Å²) in [6.45, 7) is 3.53. The standard InChI is InChI=1S/C12H16ClNO5S/c1-4-7(2)14-20(17,18)10-6-8(13)5-9(12(15)16)11(10)19-3/h5-7,14H,4H2,1-3H3,(H,15,16). The SMILES string of the molecule is CCC(C)NS(=O)(=O)c1cc(Cl)cc(C(=O)O)c1OC. The van der Waals surface area contributed by atoms with Gasteiger partial charge in [-0.05, 0) is 25.5 Å². The van der Waals surface area contributed by atoms with Gasteiger partial charge in [0.05, 0.1) is 7.11 Å². The number of benzene rings is 1. The van der Waals surface area contributed by atoms with Gasteiger partial charge in [0.2, 0.25) is 10.0 Å². The van der Waals surface area contributed by atoms with Crippen molar-refractivity contribution in [1.82, 2.24) is 4.72 Å². The molecule has 0 heterocycles. The minimum atomic E-state index is -3.92. The predicted octanol–water partition coefficient (Wildman–Crippen LogP) is 2.12. The zero-order valence-corrected chi connectivity index (χ0v) is 12.9. The van der Waals surface area contributed by atoms with E-state index >= 15 is 0 Å². The summed E-state index contributed by atoms with van der Waals surface area (Å²) in [5.74, 6) is -1.55. The molecular formula is C12H16ClNO5S. The Hall–Kier alpha value is -1.31. The molecule has 1 rings (SSSR count). The summed E-state index contributed by atoms with van der Waals surface area (Å²) in [6, 6.07) is 2.01. The van der Waals surface area contributed by atoms with Crippen molar-refractivity contribution in [3.8, 4) is 5.75 Å². The van der Waals surface area contributed by atoms with Crippen LogP contribution >= 0.6 is 11.6 Å². The minimum Gasteiger partial charge on any atom is -0.494 e. The number of methoxy groups -OCH3 is 1. The van der Waals surface area contributed by atoms with E-state index in [0.717, 1.165) is 12.1 Å². The van der Waals surface area contributed by atoms with Crippen LogP contribution in [0.15, 0.2) is 17.0 Å². The third kappa shape index (κ3) is 3.62. The van der Waals surface area contributed by atoms with Crippen molar-refractivity contribution in [3.05, 3.63) is 22.7 Å². The molecule has 1 unspecified atom stereocenters. The van der Waals surface area contributed by atoms with Gasteiger partial charge in [-0.1, -0.05) is 18.5 Å². The van der Waals surface area contributed by atoms with Crippen LogP contribution in [0.5, 0.6) is 5.75 Å². The van der Waals surface area contributed by atoms with Crippen LogP contribution in [0.4, 0.5) is 0 Å². The fourth-order valence-corrected chi connectivity index (χ4v) is 3.38. The van der Waals surface area contributed by atoms with Crippen LogP contribution in [0, 0.1) is 0 Å². The molecule has 0 fully saturated rings. The highest BCUT2D eigenvalue weighted by Gasteiger charge is 2.26. The molecule has 0 radical (unpaired) electrons. The van der Waals surface area contributed by atoms with Crippen molar-refractivity contribution in [2.45, 2.75) is 31.2 Å². The number of rotatable bonds is 6. The zero-order chi connectivity index (χ0) is 15.5. The molecule has 0 saturated heterocycles. The third-order valence-corrected chi connectivity index (χ3v) is 4.53. The molecule has 0 aliphatic carbocycles. The molecule has 0 saturated carbocycles. The van der Waals surface area contributed by atoms with Gasteiger partial charge in [-0.2, -0.15) is 0 Å². The predicted molar refractivity (Wildman–Crippen MR) is 75.0 cm³/mol. The summed E-state index contributed by atoms with van der Waals surface area (Å²) in [6.07, 6.45) is 0.591. The van der Waals surface area contributed by atoms with Crippen LogP contribution < -0.4 is 9.46 Å². The number of ether oxygens (including phenoxy) is 1. The lowest BCUT2D eigenvalue weighted by Gasteiger charge is -2.16. The molecule has 0 amide bonds. The topological polar surface area (TPSA) is 92.7 Å². The molecule has 0 bridgehead atoms. The summed E-state index contributed by atoms with van der Waals surface area (Å²) in [5, 5.41) is 9.09. The molecule has 0 spiro atoms. The average Bonchev–Trinajstić information content (AvgIpc) is 2.36. The van der Waals surface area contributed by atoms with E-state index < -0.39 is 16.0 Å². The number of nitrogens with one attached hydrogen (secondary N) is 1. The quantitative estimate of drug-likeness (QED) is 0.837. The Balaban J connectivity index is 3.48. The molecule has 1 aromatic rings. The highest BCUT2D eigenvalue weighted by Crippen LogP contribution is 2.32. The van der Waals surface area contributed by atoms with Gasteiger partial charge in [-0.25, -0.2) is 17.9 Å². The van der Waals surface area contributed by atoms with Crippen LogP contribution in [-0.2, 0) is 10.0 Å². The van der Waals surface area contributed by atoms with E-state index in [-0.39, 0.29) is 27.3 Å². The number of sulfonamides is 1. The van der Waals surface area contributed by atoms with E-state index in [1.807, 2.05) is 6.92 Å². The van der Waals surface area contributed by atoms with Crippen molar-refractivity contribution in [3.63, 3.8) is 0 Å². The molecule has 6 nitrogen and oxygen atoms in total. The van der Waals surface area contributed by atoms with E-state index in [4.69, 9.17) is 21.4 Å². The molecule has 8 heteroatoms. The van der Waals surface area contributed by atoms with Gasteiger partial charge < -0.3 is 9.84 Å². The first-order valence-electron chi connectivity index (χ1n) is 5.86. The number of carboxylic acids is 1. The van der Waals surface area contributed by atoms with Gasteiger partial charge in [0.25, 0.3) is 0 Å². The summed E-state index contributed by atoms with van der Waals surface area (Å²) in [4.78, 5) is 10.8. The minimum absolute atomic E-state index is 0.00715.